The molecule has 1 fully saturated rings. The van der Waals surface area contributed by atoms with Crippen LogP contribution in [0.1, 0.15) is 28.4 Å². The summed E-state index contributed by atoms with van der Waals surface area (Å²) >= 11 is 0. The average molecular weight is 351 g/mol. The van der Waals surface area contributed by atoms with Crippen LogP contribution in [-0.4, -0.2) is 38.7 Å². The van der Waals surface area contributed by atoms with Gasteiger partial charge in [-0.05, 0) is 55.2 Å². The predicted octanol–water partition coefficient (Wildman–Crippen LogP) is 3.52. The van der Waals surface area contributed by atoms with E-state index in [1.165, 1.54) is 16.8 Å². The minimum Gasteiger partial charge on any atom is -0.493 e. The molecule has 2 aliphatic heterocycles. The molecule has 26 heavy (non-hydrogen) atoms. The fourth-order valence-corrected chi connectivity index (χ4v) is 3.91. The Morgan fingerprint density at radius 1 is 1.15 bits per heavy atom. The van der Waals surface area contributed by atoms with Crippen LogP contribution < -0.4 is 9.64 Å². The minimum absolute atomic E-state index is 0.116. The van der Waals surface area contributed by atoms with E-state index in [1.807, 2.05) is 18.2 Å². The van der Waals surface area contributed by atoms with Gasteiger partial charge >= 0.3 is 0 Å². The van der Waals surface area contributed by atoms with Gasteiger partial charge in [-0.25, -0.2) is 0 Å². The number of Topliss-reactive ketones (excluding diaryl/α,β-unsaturated/α-hetero) is 1. The topological polar surface area (TPSA) is 38.8 Å². The molecular formula is C22H25NO3. The van der Waals surface area contributed by atoms with Crippen LogP contribution in [0, 0.1) is 5.92 Å². The van der Waals surface area contributed by atoms with E-state index >= 15 is 0 Å². The Morgan fingerprint density at radius 2 is 1.96 bits per heavy atom. The van der Waals surface area contributed by atoms with E-state index in [1.54, 1.807) is 6.92 Å². The molecule has 0 radical (unpaired) electrons. The first kappa shape index (κ1) is 17.1. The van der Waals surface area contributed by atoms with E-state index in [2.05, 4.69) is 29.2 Å². The number of benzene rings is 2. The second-order valence-corrected chi connectivity index (χ2v) is 7.19. The molecule has 1 atom stereocenters. The number of fused-ring (bicyclic) bond motifs is 1. The maximum atomic E-state index is 11.9. The lowest BCUT2D eigenvalue weighted by molar-refractivity contribution is 0.101. The fraction of sp³-hybridized carbons (Fsp3) is 0.409. The Morgan fingerprint density at radius 3 is 2.77 bits per heavy atom. The summed E-state index contributed by atoms with van der Waals surface area (Å²) in [6.45, 7) is 5.67. The molecule has 2 aromatic carbocycles. The SMILES string of the molecule is CC(=O)c1ccc(N2CCOCC2)c(C[C@H]2COc3ccccc3C2)c1. The minimum atomic E-state index is 0.116. The van der Waals surface area contributed by atoms with Crippen molar-refractivity contribution in [2.45, 2.75) is 19.8 Å². The van der Waals surface area contributed by atoms with Gasteiger partial charge in [-0.1, -0.05) is 18.2 Å². The van der Waals surface area contributed by atoms with Crippen LogP contribution >= 0.6 is 0 Å². The van der Waals surface area contributed by atoms with Crippen LogP contribution in [0.2, 0.25) is 0 Å². The maximum absolute atomic E-state index is 11.9. The van der Waals surface area contributed by atoms with Crippen LogP contribution in [0.4, 0.5) is 5.69 Å². The zero-order valence-corrected chi connectivity index (χ0v) is 15.2. The van der Waals surface area contributed by atoms with Crippen molar-refractivity contribution in [1.82, 2.24) is 0 Å². The number of ketones is 1. The second-order valence-electron chi connectivity index (χ2n) is 7.19. The van der Waals surface area contributed by atoms with Gasteiger partial charge in [0.1, 0.15) is 5.75 Å². The Labute approximate surface area is 154 Å². The monoisotopic (exact) mass is 351 g/mol. The van der Waals surface area contributed by atoms with Crippen LogP contribution in [0.5, 0.6) is 5.75 Å². The number of morpholine rings is 1. The van der Waals surface area contributed by atoms with Crippen molar-refractivity contribution in [2.75, 3.05) is 37.8 Å². The standard InChI is InChI=1S/C22H25NO3/c1-16(24)18-6-7-21(23-8-10-25-11-9-23)20(14-18)13-17-12-19-4-2-3-5-22(19)26-15-17/h2-7,14,17H,8-13,15H2,1H3/t17-/m0/s1. The molecule has 0 N–H and O–H groups in total. The van der Waals surface area contributed by atoms with Gasteiger partial charge in [-0.3, -0.25) is 4.79 Å². The summed E-state index contributed by atoms with van der Waals surface area (Å²) in [4.78, 5) is 14.3. The molecule has 0 unspecified atom stereocenters. The van der Waals surface area contributed by atoms with Crippen molar-refractivity contribution in [3.05, 3.63) is 59.2 Å². The largest absolute Gasteiger partial charge is 0.493 e. The Bertz CT molecular complexity index is 796. The Balaban J connectivity index is 1.59. The molecule has 0 saturated carbocycles. The number of hydrogen-bond acceptors (Lipinski definition) is 4. The van der Waals surface area contributed by atoms with E-state index in [0.717, 1.165) is 57.1 Å². The number of anilines is 1. The van der Waals surface area contributed by atoms with Crippen molar-refractivity contribution >= 4 is 11.5 Å². The Kier molecular flexibility index (Phi) is 4.93. The van der Waals surface area contributed by atoms with Crippen molar-refractivity contribution in [1.29, 1.82) is 0 Å². The maximum Gasteiger partial charge on any atom is 0.159 e. The number of ether oxygens (including phenoxy) is 2. The van der Waals surface area contributed by atoms with Crippen molar-refractivity contribution in [2.24, 2.45) is 5.92 Å². The molecule has 136 valence electrons. The first-order chi connectivity index (χ1) is 12.7. The summed E-state index contributed by atoms with van der Waals surface area (Å²) in [5, 5.41) is 0. The number of hydrogen-bond donors (Lipinski definition) is 0. The molecular weight excluding hydrogens is 326 g/mol. The molecule has 4 nitrogen and oxygen atoms in total. The van der Waals surface area contributed by atoms with Gasteiger partial charge in [0.2, 0.25) is 0 Å². The van der Waals surface area contributed by atoms with E-state index in [-0.39, 0.29) is 5.78 Å². The van der Waals surface area contributed by atoms with Crippen LogP contribution in [0.3, 0.4) is 0 Å². The van der Waals surface area contributed by atoms with Crippen LogP contribution in [0.15, 0.2) is 42.5 Å². The zero-order chi connectivity index (χ0) is 17.9. The third kappa shape index (κ3) is 3.61. The first-order valence-electron chi connectivity index (χ1n) is 9.38. The zero-order valence-electron chi connectivity index (χ0n) is 15.2. The summed E-state index contributed by atoms with van der Waals surface area (Å²) < 4.78 is 11.5. The molecule has 0 aliphatic carbocycles. The molecule has 4 rings (SSSR count). The number of para-hydroxylation sites is 1. The number of nitrogens with zero attached hydrogens (tertiary/aromatic N) is 1. The van der Waals surface area contributed by atoms with E-state index in [0.29, 0.717) is 5.92 Å². The average Bonchev–Trinajstić information content (AvgIpc) is 2.68. The van der Waals surface area contributed by atoms with E-state index in [9.17, 15) is 4.79 Å². The summed E-state index contributed by atoms with van der Waals surface area (Å²) in [6, 6.07) is 14.4. The molecule has 1 saturated heterocycles. The molecule has 0 bridgehead atoms. The van der Waals surface area contributed by atoms with Gasteiger partial charge in [0.15, 0.2) is 5.78 Å². The molecule has 2 heterocycles. The lowest BCUT2D eigenvalue weighted by Gasteiger charge is -2.32. The molecule has 0 aromatic heterocycles. The summed E-state index contributed by atoms with van der Waals surface area (Å²) in [6.07, 6.45) is 1.94. The van der Waals surface area contributed by atoms with Gasteiger partial charge < -0.3 is 14.4 Å². The van der Waals surface area contributed by atoms with Gasteiger partial charge in [0, 0.05) is 30.3 Å². The number of carbonyl (C=O) groups excluding carboxylic acids is 1. The van der Waals surface area contributed by atoms with Gasteiger partial charge in [0.05, 0.1) is 19.8 Å². The molecule has 2 aromatic rings. The number of carbonyl (C=O) groups is 1. The highest BCUT2D eigenvalue weighted by molar-refractivity contribution is 5.94. The van der Waals surface area contributed by atoms with Gasteiger partial charge in [-0.15, -0.1) is 0 Å². The highest BCUT2D eigenvalue weighted by atomic mass is 16.5. The Hall–Kier alpha value is -2.33. The summed E-state index contributed by atoms with van der Waals surface area (Å²) in [5.41, 5.74) is 4.54. The van der Waals surface area contributed by atoms with Crippen LogP contribution in [-0.2, 0) is 17.6 Å². The smallest absolute Gasteiger partial charge is 0.159 e. The first-order valence-corrected chi connectivity index (χ1v) is 9.38. The molecule has 0 spiro atoms. The van der Waals surface area contributed by atoms with Crippen molar-refractivity contribution < 1.29 is 14.3 Å². The summed E-state index contributed by atoms with van der Waals surface area (Å²) in [5.74, 6) is 1.55. The normalized spacial score (nSPS) is 19.6. The molecule has 2 aliphatic rings. The third-order valence-electron chi connectivity index (χ3n) is 5.30. The highest BCUT2D eigenvalue weighted by Crippen LogP contribution is 2.32. The summed E-state index contributed by atoms with van der Waals surface area (Å²) in [7, 11) is 0. The molecule has 4 heteroatoms. The lowest BCUT2D eigenvalue weighted by atomic mass is 9.89. The fourth-order valence-electron chi connectivity index (χ4n) is 3.91. The van der Waals surface area contributed by atoms with Crippen molar-refractivity contribution in [3.63, 3.8) is 0 Å². The number of rotatable bonds is 4. The predicted molar refractivity (Wildman–Crippen MR) is 102 cm³/mol. The third-order valence-corrected chi connectivity index (χ3v) is 5.30. The van der Waals surface area contributed by atoms with Crippen molar-refractivity contribution in [3.8, 4) is 5.75 Å². The van der Waals surface area contributed by atoms with E-state index < -0.39 is 0 Å². The van der Waals surface area contributed by atoms with E-state index in [4.69, 9.17) is 9.47 Å². The molecule has 0 amide bonds. The second kappa shape index (κ2) is 7.50. The lowest BCUT2D eigenvalue weighted by Crippen LogP contribution is -2.37. The van der Waals surface area contributed by atoms with Gasteiger partial charge in [-0.2, -0.15) is 0 Å². The quantitative estimate of drug-likeness (QED) is 0.790. The van der Waals surface area contributed by atoms with Gasteiger partial charge in [0.25, 0.3) is 0 Å². The van der Waals surface area contributed by atoms with Crippen LogP contribution in [0.25, 0.3) is 0 Å². The highest BCUT2D eigenvalue weighted by Gasteiger charge is 2.23.